The first-order valence-corrected chi connectivity index (χ1v) is 7.11. The molecule has 0 amide bonds. The molecule has 1 aliphatic rings. The number of anilines is 2. The summed E-state index contributed by atoms with van der Waals surface area (Å²) in [5.74, 6) is 1.89. The molecule has 6 nitrogen and oxygen atoms in total. The van der Waals surface area contributed by atoms with Crippen LogP contribution < -0.4 is 15.8 Å². The number of aromatic nitrogens is 3. The van der Waals surface area contributed by atoms with Gasteiger partial charge in [0.2, 0.25) is 5.88 Å². The van der Waals surface area contributed by atoms with Crippen LogP contribution >= 0.6 is 0 Å². The molecule has 2 aromatic heterocycles. The Hall–Kier alpha value is -2.37. The van der Waals surface area contributed by atoms with Crippen molar-refractivity contribution in [2.45, 2.75) is 26.3 Å². The zero-order chi connectivity index (χ0) is 14.7. The molecule has 0 radical (unpaired) electrons. The van der Waals surface area contributed by atoms with Crippen molar-refractivity contribution >= 4 is 11.5 Å². The number of ether oxygens (including phenoxy) is 1. The van der Waals surface area contributed by atoms with Gasteiger partial charge < -0.3 is 15.8 Å². The number of nitrogen functional groups attached to an aromatic ring is 1. The van der Waals surface area contributed by atoms with Crippen molar-refractivity contribution in [3.05, 3.63) is 35.9 Å². The van der Waals surface area contributed by atoms with E-state index in [1.54, 1.807) is 18.5 Å². The van der Waals surface area contributed by atoms with Crippen LogP contribution in [0.4, 0.5) is 11.5 Å². The van der Waals surface area contributed by atoms with Crippen LogP contribution in [-0.2, 0) is 6.54 Å². The molecule has 2 heterocycles. The number of rotatable bonds is 6. The van der Waals surface area contributed by atoms with E-state index in [2.05, 4.69) is 20.3 Å². The van der Waals surface area contributed by atoms with Gasteiger partial charge in [-0.1, -0.05) is 0 Å². The Kier molecular flexibility index (Phi) is 3.85. The molecule has 1 aliphatic carbocycles. The highest BCUT2D eigenvalue weighted by Crippen LogP contribution is 2.30. The first kappa shape index (κ1) is 13.6. The molecular weight excluding hydrogens is 266 g/mol. The van der Waals surface area contributed by atoms with Crippen LogP contribution in [0.15, 0.2) is 24.5 Å². The number of nitrogens with zero attached hydrogens (tertiary/aromatic N) is 3. The van der Waals surface area contributed by atoms with Gasteiger partial charge in [-0.05, 0) is 37.8 Å². The Labute approximate surface area is 123 Å². The largest absolute Gasteiger partial charge is 0.476 e. The predicted octanol–water partition coefficient (Wildman–Crippen LogP) is 2.16. The predicted molar refractivity (Wildman–Crippen MR) is 81.0 cm³/mol. The van der Waals surface area contributed by atoms with E-state index < -0.39 is 0 Å². The van der Waals surface area contributed by atoms with Gasteiger partial charge in [-0.15, -0.1) is 0 Å². The van der Waals surface area contributed by atoms with Gasteiger partial charge in [-0.3, -0.25) is 9.97 Å². The van der Waals surface area contributed by atoms with Gasteiger partial charge in [-0.25, -0.2) is 0 Å². The molecule has 0 aliphatic heterocycles. The quantitative estimate of drug-likeness (QED) is 0.846. The molecule has 0 bridgehead atoms. The number of nitrogens with two attached hydrogens (primary N) is 1. The summed E-state index contributed by atoms with van der Waals surface area (Å²) < 4.78 is 5.67. The highest BCUT2D eigenvalue weighted by molar-refractivity contribution is 5.53. The summed E-state index contributed by atoms with van der Waals surface area (Å²) in [6.07, 6.45) is 5.98. The molecule has 0 atom stereocenters. The average Bonchev–Trinajstić information content (AvgIpc) is 3.31. The van der Waals surface area contributed by atoms with E-state index in [-0.39, 0.29) is 0 Å². The summed E-state index contributed by atoms with van der Waals surface area (Å²) in [7, 11) is 0. The molecule has 3 rings (SSSR count). The summed E-state index contributed by atoms with van der Waals surface area (Å²) in [5.41, 5.74) is 8.21. The second-order valence-electron chi connectivity index (χ2n) is 5.35. The molecule has 1 saturated carbocycles. The Morgan fingerprint density at radius 2 is 2.14 bits per heavy atom. The number of hydrogen-bond donors (Lipinski definition) is 2. The lowest BCUT2D eigenvalue weighted by Gasteiger charge is -2.10. The molecule has 0 aromatic carbocycles. The van der Waals surface area contributed by atoms with Crippen LogP contribution in [0.3, 0.4) is 0 Å². The minimum Gasteiger partial charge on any atom is -0.476 e. The second-order valence-corrected chi connectivity index (χ2v) is 5.35. The number of aryl methyl sites for hydroxylation is 1. The van der Waals surface area contributed by atoms with Crippen LogP contribution in [0.5, 0.6) is 5.88 Å². The van der Waals surface area contributed by atoms with Crippen molar-refractivity contribution in [1.29, 1.82) is 0 Å². The molecule has 21 heavy (non-hydrogen) atoms. The fraction of sp³-hybridized carbons (Fsp3) is 0.400. The summed E-state index contributed by atoms with van der Waals surface area (Å²) >= 11 is 0. The van der Waals surface area contributed by atoms with E-state index >= 15 is 0 Å². The molecule has 0 saturated heterocycles. The molecule has 3 N–H and O–H groups in total. The molecule has 0 unspecified atom stereocenters. The summed E-state index contributed by atoms with van der Waals surface area (Å²) in [6.45, 7) is 3.17. The molecule has 6 heteroatoms. The highest BCUT2D eigenvalue weighted by atomic mass is 16.5. The number of nitrogens with one attached hydrogen (secondary N) is 1. The maximum Gasteiger partial charge on any atom is 0.239 e. The van der Waals surface area contributed by atoms with E-state index in [4.69, 9.17) is 10.5 Å². The lowest BCUT2D eigenvalue weighted by molar-refractivity contribution is 0.290. The monoisotopic (exact) mass is 285 g/mol. The minimum absolute atomic E-state index is 0.502. The van der Waals surface area contributed by atoms with Crippen molar-refractivity contribution in [1.82, 2.24) is 15.0 Å². The van der Waals surface area contributed by atoms with Gasteiger partial charge >= 0.3 is 0 Å². The standard InChI is InChI=1S/C15H19N5O/c1-10-6-18-12(7-17-10)8-19-14-5-4-13(16)15(20-14)21-9-11-2-3-11/h4-7,11H,2-3,8-9,16H2,1H3,(H,19,20). The summed E-state index contributed by atoms with van der Waals surface area (Å²) in [6, 6.07) is 3.64. The fourth-order valence-electron chi connectivity index (χ4n) is 1.84. The van der Waals surface area contributed by atoms with Gasteiger partial charge in [0, 0.05) is 6.20 Å². The van der Waals surface area contributed by atoms with E-state index in [1.807, 2.05) is 13.0 Å². The lowest BCUT2D eigenvalue weighted by atomic mass is 10.3. The van der Waals surface area contributed by atoms with Crippen molar-refractivity contribution in [2.24, 2.45) is 5.92 Å². The SMILES string of the molecule is Cc1cnc(CNc2ccc(N)c(OCC3CC3)n2)cn1. The second kappa shape index (κ2) is 5.95. The molecule has 0 spiro atoms. The van der Waals surface area contributed by atoms with Crippen molar-refractivity contribution < 1.29 is 4.74 Å². The maximum atomic E-state index is 5.88. The summed E-state index contributed by atoms with van der Waals surface area (Å²) in [5, 5.41) is 3.20. The van der Waals surface area contributed by atoms with Gasteiger partial charge in [0.05, 0.1) is 36.4 Å². The molecular formula is C15H19N5O. The Morgan fingerprint density at radius 1 is 1.29 bits per heavy atom. The fourth-order valence-corrected chi connectivity index (χ4v) is 1.84. The molecule has 110 valence electrons. The Balaban J connectivity index is 1.61. The van der Waals surface area contributed by atoms with Gasteiger partial charge in [0.25, 0.3) is 0 Å². The van der Waals surface area contributed by atoms with Crippen molar-refractivity contribution in [3.8, 4) is 5.88 Å². The van der Waals surface area contributed by atoms with Crippen LogP contribution in [0.1, 0.15) is 24.2 Å². The minimum atomic E-state index is 0.502. The van der Waals surface area contributed by atoms with Crippen LogP contribution in [0, 0.1) is 12.8 Å². The third-order valence-corrected chi connectivity index (χ3v) is 3.33. The first-order valence-electron chi connectivity index (χ1n) is 7.11. The molecule has 1 fully saturated rings. The average molecular weight is 285 g/mol. The zero-order valence-electron chi connectivity index (χ0n) is 12.0. The van der Waals surface area contributed by atoms with Gasteiger partial charge in [-0.2, -0.15) is 4.98 Å². The Bertz CT molecular complexity index is 610. The Morgan fingerprint density at radius 3 is 2.86 bits per heavy atom. The summed E-state index contributed by atoms with van der Waals surface area (Å²) in [4.78, 5) is 12.9. The smallest absolute Gasteiger partial charge is 0.239 e. The third kappa shape index (κ3) is 3.81. The van der Waals surface area contributed by atoms with Crippen molar-refractivity contribution in [2.75, 3.05) is 17.7 Å². The van der Waals surface area contributed by atoms with Gasteiger partial charge in [0.15, 0.2) is 0 Å². The zero-order valence-corrected chi connectivity index (χ0v) is 12.0. The van der Waals surface area contributed by atoms with Gasteiger partial charge in [0.1, 0.15) is 5.82 Å². The van der Waals surface area contributed by atoms with E-state index in [1.165, 1.54) is 12.8 Å². The van der Waals surface area contributed by atoms with E-state index in [9.17, 15) is 0 Å². The van der Waals surface area contributed by atoms with Crippen LogP contribution in [0.2, 0.25) is 0 Å². The lowest BCUT2D eigenvalue weighted by Crippen LogP contribution is -2.07. The molecule has 2 aromatic rings. The first-order chi connectivity index (χ1) is 10.2. The number of hydrogen-bond acceptors (Lipinski definition) is 6. The highest BCUT2D eigenvalue weighted by Gasteiger charge is 2.22. The topological polar surface area (TPSA) is 86.0 Å². The maximum absolute atomic E-state index is 5.88. The van der Waals surface area contributed by atoms with E-state index in [0.29, 0.717) is 30.6 Å². The van der Waals surface area contributed by atoms with Crippen molar-refractivity contribution in [3.63, 3.8) is 0 Å². The van der Waals surface area contributed by atoms with E-state index in [0.717, 1.165) is 17.2 Å². The normalized spacial score (nSPS) is 14.0. The van der Waals surface area contributed by atoms with Crippen LogP contribution in [0.25, 0.3) is 0 Å². The third-order valence-electron chi connectivity index (χ3n) is 3.33. The van der Waals surface area contributed by atoms with Crippen LogP contribution in [-0.4, -0.2) is 21.6 Å². The number of pyridine rings is 1.